The Morgan fingerprint density at radius 2 is 2.13 bits per heavy atom. The summed E-state index contributed by atoms with van der Waals surface area (Å²) in [6.07, 6.45) is 2.77. The van der Waals surface area contributed by atoms with Crippen LogP contribution in [0.2, 0.25) is 0 Å². The van der Waals surface area contributed by atoms with Gasteiger partial charge in [-0.1, -0.05) is 12.1 Å². The molecule has 4 bridgehead atoms. The Hall–Kier alpha value is -2.38. The first-order chi connectivity index (χ1) is 14.5. The molecule has 6 atom stereocenters. The number of carbonyl (C=O) groups is 2. The number of hydrogen-bond donors (Lipinski definition) is 0. The Kier molecular flexibility index (Phi) is 3.04. The van der Waals surface area contributed by atoms with Crippen LogP contribution in [0.4, 0.5) is 5.69 Å². The Morgan fingerprint density at radius 1 is 1.27 bits per heavy atom. The highest BCUT2D eigenvalue weighted by atomic mass is 16.6. The Bertz CT molecular complexity index is 1050. The zero-order valence-corrected chi connectivity index (χ0v) is 17.1. The summed E-state index contributed by atoms with van der Waals surface area (Å²) in [5, 5.41) is 0. The molecule has 7 nitrogen and oxygen atoms in total. The number of epoxide rings is 1. The van der Waals surface area contributed by atoms with Gasteiger partial charge in [0, 0.05) is 30.9 Å². The molecule has 4 saturated heterocycles. The fraction of sp³-hybridized carbons (Fsp3) is 0.565. The molecule has 7 aliphatic rings. The van der Waals surface area contributed by atoms with E-state index in [4.69, 9.17) is 14.2 Å². The van der Waals surface area contributed by atoms with Gasteiger partial charge in [0.05, 0.1) is 24.3 Å². The zero-order valence-electron chi connectivity index (χ0n) is 17.1. The molecule has 1 aromatic carbocycles. The highest BCUT2D eigenvalue weighted by molar-refractivity contribution is 6.11. The quantitative estimate of drug-likeness (QED) is 0.652. The van der Waals surface area contributed by atoms with E-state index in [0.29, 0.717) is 25.2 Å². The van der Waals surface area contributed by atoms with E-state index in [1.807, 2.05) is 23.1 Å². The number of nitrogens with zero attached hydrogens (tertiary/aromatic N) is 2. The molecule has 6 heterocycles. The van der Waals surface area contributed by atoms with Gasteiger partial charge in [0.2, 0.25) is 0 Å². The summed E-state index contributed by atoms with van der Waals surface area (Å²) in [5.74, 6) is 1.46. The average Bonchev–Trinajstić information content (AvgIpc) is 3.33. The minimum Gasteiger partial charge on any atom is -0.495 e. The molecule has 1 amide bonds. The van der Waals surface area contributed by atoms with Crippen molar-refractivity contribution in [3.63, 3.8) is 0 Å². The van der Waals surface area contributed by atoms with Crippen LogP contribution in [-0.4, -0.2) is 68.2 Å². The van der Waals surface area contributed by atoms with Gasteiger partial charge in [-0.15, -0.1) is 0 Å². The molecule has 7 heteroatoms. The summed E-state index contributed by atoms with van der Waals surface area (Å²) in [5.41, 5.74) is 0.582. The number of methoxy groups -OCH3 is 1. The molecule has 1 aliphatic carbocycles. The first-order valence-corrected chi connectivity index (χ1v) is 10.8. The second kappa shape index (κ2) is 5.26. The molecule has 0 N–H and O–H groups in total. The standard InChI is InChI=1S/C23H24N2O5/c1-24-7-6-22-12-4-3-5-14(28-2)20(12)25-18(27)9-15-19(21(22)25)13(8-16(22)26)23(11-24)17(30-23)10-29-15/h3-5,9,13,17,19,21H,6-8,10-11H2,1-2H3. The normalized spacial score (nSPS) is 42.9. The number of hydrogen-bond acceptors (Lipinski definition) is 6. The summed E-state index contributed by atoms with van der Waals surface area (Å²) in [6, 6.07) is 5.54. The highest BCUT2D eigenvalue weighted by Gasteiger charge is 2.75. The summed E-state index contributed by atoms with van der Waals surface area (Å²) in [4.78, 5) is 31.6. The number of Topliss-reactive ketones (excluding diaryl/α,β-unsaturated/α-hetero) is 1. The number of anilines is 1. The van der Waals surface area contributed by atoms with Gasteiger partial charge in [-0.25, -0.2) is 0 Å². The number of fused-ring (bicyclic) bond motifs is 6. The maximum Gasteiger partial charge on any atom is 0.254 e. The van der Waals surface area contributed by atoms with Crippen LogP contribution in [0.1, 0.15) is 18.4 Å². The van der Waals surface area contributed by atoms with E-state index >= 15 is 0 Å². The molecule has 156 valence electrons. The molecule has 6 unspecified atom stereocenters. The van der Waals surface area contributed by atoms with E-state index < -0.39 is 5.41 Å². The largest absolute Gasteiger partial charge is 0.495 e. The number of ketones is 1. The molecule has 5 fully saturated rings. The van der Waals surface area contributed by atoms with Crippen molar-refractivity contribution in [2.45, 2.75) is 36.0 Å². The van der Waals surface area contributed by atoms with Crippen molar-refractivity contribution in [2.75, 3.05) is 38.8 Å². The van der Waals surface area contributed by atoms with E-state index in [0.717, 1.165) is 30.1 Å². The number of para-hydroxylation sites is 1. The van der Waals surface area contributed by atoms with Crippen molar-refractivity contribution < 1.29 is 23.8 Å². The molecular formula is C23H24N2O5. The van der Waals surface area contributed by atoms with Gasteiger partial charge in [-0.05, 0) is 31.6 Å². The third kappa shape index (κ3) is 1.73. The van der Waals surface area contributed by atoms with Crippen molar-refractivity contribution in [3.8, 4) is 5.75 Å². The minimum atomic E-state index is -0.738. The van der Waals surface area contributed by atoms with Gasteiger partial charge >= 0.3 is 0 Å². The fourth-order valence-electron chi connectivity index (χ4n) is 7.28. The van der Waals surface area contributed by atoms with Crippen LogP contribution in [0.15, 0.2) is 30.0 Å². The number of likely N-dealkylation sites (N-methyl/N-ethyl adjacent to an activating group) is 1. The number of rotatable bonds is 1. The zero-order chi connectivity index (χ0) is 20.4. The van der Waals surface area contributed by atoms with Crippen LogP contribution in [0, 0.1) is 11.8 Å². The smallest absolute Gasteiger partial charge is 0.254 e. The number of benzene rings is 1. The van der Waals surface area contributed by atoms with Gasteiger partial charge < -0.3 is 19.1 Å². The number of amides is 1. The highest BCUT2D eigenvalue weighted by Crippen LogP contribution is 2.65. The van der Waals surface area contributed by atoms with E-state index in [1.54, 1.807) is 13.2 Å². The van der Waals surface area contributed by atoms with Crippen LogP contribution in [0.5, 0.6) is 5.75 Å². The number of ether oxygens (including phenoxy) is 3. The molecule has 1 aromatic rings. The second-order valence-electron chi connectivity index (χ2n) is 9.65. The summed E-state index contributed by atoms with van der Waals surface area (Å²) in [7, 11) is 3.73. The van der Waals surface area contributed by atoms with Gasteiger partial charge in [0.1, 0.15) is 35.6 Å². The Morgan fingerprint density at radius 3 is 2.97 bits per heavy atom. The monoisotopic (exact) mass is 408 g/mol. The van der Waals surface area contributed by atoms with Gasteiger partial charge in [-0.2, -0.15) is 0 Å². The van der Waals surface area contributed by atoms with Crippen molar-refractivity contribution >= 4 is 17.4 Å². The van der Waals surface area contributed by atoms with Crippen molar-refractivity contribution in [3.05, 3.63) is 35.6 Å². The lowest BCUT2D eigenvalue weighted by Crippen LogP contribution is -2.64. The van der Waals surface area contributed by atoms with Crippen molar-refractivity contribution in [1.82, 2.24) is 4.90 Å². The molecule has 0 radical (unpaired) electrons. The van der Waals surface area contributed by atoms with Crippen molar-refractivity contribution in [2.24, 2.45) is 11.8 Å². The van der Waals surface area contributed by atoms with Gasteiger partial charge in [0.25, 0.3) is 5.91 Å². The van der Waals surface area contributed by atoms with Gasteiger partial charge in [-0.3, -0.25) is 14.5 Å². The predicted molar refractivity (Wildman–Crippen MR) is 106 cm³/mol. The number of carbonyl (C=O) groups excluding carboxylic acids is 2. The molecule has 6 aliphatic heterocycles. The van der Waals surface area contributed by atoms with Crippen LogP contribution < -0.4 is 9.64 Å². The molecule has 30 heavy (non-hydrogen) atoms. The van der Waals surface area contributed by atoms with Crippen LogP contribution >= 0.6 is 0 Å². The molecular weight excluding hydrogens is 384 g/mol. The minimum absolute atomic E-state index is 0.0123. The Labute approximate surface area is 174 Å². The van der Waals surface area contributed by atoms with Crippen LogP contribution in [0.3, 0.4) is 0 Å². The lowest BCUT2D eigenvalue weighted by molar-refractivity contribution is -0.133. The first kappa shape index (κ1) is 17.3. The topological polar surface area (TPSA) is 71.6 Å². The second-order valence-corrected chi connectivity index (χ2v) is 9.65. The summed E-state index contributed by atoms with van der Waals surface area (Å²) < 4.78 is 18.1. The molecule has 1 saturated carbocycles. The average molecular weight is 408 g/mol. The fourth-order valence-corrected chi connectivity index (χ4v) is 7.28. The lowest BCUT2D eigenvalue weighted by atomic mass is 9.55. The van der Waals surface area contributed by atoms with E-state index in [-0.39, 0.29) is 41.3 Å². The maximum absolute atomic E-state index is 14.0. The molecule has 8 rings (SSSR count). The van der Waals surface area contributed by atoms with Crippen LogP contribution in [-0.2, 0) is 24.5 Å². The van der Waals surface area contributed by atoms with E-state index in [9.17, 15) is 9.59 Å². The maximum atomic E-state index is 14.0. The van der Waals surface area contributed by atoms with E-state index in [2.05, 4.69) is 11.9 Å². The van der Waals surface area contributed by atoms with Crippen LogP contribution in [0.25, 0.3) is 0 Å². The summed E-state index contributed by atoms with van der Waals surface area (Å²) >= 11 is 0. The summed E-state index contributed by atoms with van der Waals surface area (Å²) in [6.45, 7) is 2.02. The Balaban J connectivity index is 1.56. The first-order valence-electron chi connectivity index (χ1n) is 10.8. The van der Waals surface area contributed by atoms with E-state index in [1.165, 1.54) is 0 Å². The van der Waals surface area contributed by atoms with Crippen molar-refractivity contribution in [1.29, 1.82) is 0 Å². The third-order valence-corrected chi connectivity index (χ3v) is 8.52. The van der Waals surface area contributed by atoms with Gasteiger partial charge in [0.15, 0.2) is 0 Å². The molecule has 2 spiro atoms. The third-order valence-electron chi connectivity index (χ3n) is 8.52. The SMILES string of the molecule is COc1cccc2c1N1C(=O)C=C3OCC4OC45CN(C)CCC24C(=O)CC5C3C14. The molecule has 0 aromatic heterocycles. The lowest BCUT2D eigenvalue weighted by Gasteiger charge is -2.50. The predicted octanol–water partition coefficient (Wildman–Crippen LogP) is 1.25.